The van der Waals surface area contributed by atoms with Crippen LogP contribution in [0.15, 0.2) is 0 Å². The monoisotopic (exact) mass is 213 g/mol. The molecule has 1 atom stereocenters. The first-order chi connectivity index (χ1) is 6.78. The average molecular weight is 213 g/mol. The van der Waals surface area contributed by atoms with Gasteiger partial charge in [-0.25, -0.2) is 0 Å². The fraction of sp³-hybridized carbons (Fsp3) is 0.917. The van der Waals surface area contributed by atoms with Gasteiger partial charge in [0.1, 0.15) is 0 Å². The van der Waals surface area contributed by atoms with Gasteiger partial charge >= 0.3 is 0 Å². The number of rotatable bonds is 3. The smallest absolute Gasteiger partial charge is 0.223 e. The summed E-state index contributed by atoms with van der Waals surface area (Å²) in [6.07, 6.45) is 1.39. The largest absolute Gasteiger partial charge is 0.389 e. The van der Waals surface area contributed by atoms with E-state index in [1.165, 1.54) is 0 Å². The lowest BCUT2D eigenvalue weighted by molar-refractivity contribution is -0.142. The molecule has 1 heterocycles. The van der Waals surface area contributed by atoms with Crippen molar-refractivity contribution in [3.8, 4) is 0 Å². The number of carbonyl (C=O) groups excluding carboxylic acids is 1. The molecule has 3 nitrogen and oxygen atoms in total. The van der Waals surface area contributed by atoms with Gasteiger partial charge in [0.15, 0.2) is 0 Å². The van der Waals surface area contributed by atoms with Crippen LogP contribution in [0.3, 0.4) is 0 Å². The molecule has 88 valence electrons. The number of aliphatic hydroxyl groups excluding tert-OH is 1. The second-order valence-electron chi connectivity index (χ2n) is 6.03. The van der Waals surface area contributed by atoms with Crippen LogP contribution in [0.1, 0.15) is 40.5 Å². The molecular weight excluding hydrogens is 190 g/mol. The Kier molecular flexibility index (Phi) is 3.77. The van der Waals surface area contributed by atoms with Crippen LogP contribution in [0.4, 0.5) is 0 Å². The van der Waals surface area contributed by atoms with E-state index in [1.54, 1.807) is 4.90 Å². The number of carbonyl (C=O) groups is 1. The van der Waals surface area contributed by atoms with Crippen LogP contribution in [0.5, 0.6) is 0 Å². The third-order valence-electron chi connectivity index (χ3n) is 2.70. The second-order valence-corrected chi connectivity index (χ2v) is 6.03. The molecule has 1 saturated heterocycles. The maximum Gasteiger partial charge on any atom is 0.223 e. The zero-order valence-electron chi connectivity index (χ0n) is 10.3. The molecule has 1 fully saturated rings. The highest BCUT2D eigenvalue weighted by Gasteiger charge is 2.29. The van der Waals surface area contributed by atoms with E-state index in [0.29, 0.717) is 25.4 Å². The highest BCUT2D eigenvalue weighted by Crippen LogP contribution is 2.26. The molecule has 1 rings (SSSR count). The minimum absolute atomic E-state index is 0.192. The predicted octanol–water partition coefficient (Wildman–Crippen LogP) is 1.65. The Hall–Kier alpha value is -0.570. The zero-order valence-corrected chi connectivity index (χ0v) is 10.3. The van der Waals surface area contributed by atoms with Crippen LogP contribution >= 0.6 is 0 Å². The summed E-state index contributed by atoms with van der Waals surface area (Å²) in [5.74, 6) is 0.618. The van der Waals surface area contributed by atoms with Crippen molar-refractivity contribution in [3.05, 3.63) is 0 Å². The van der Waals surface area contributed by atoms with Crippen molar-refractivity contribution in [1.29, 1.82) is 0 Å². The van der Waals surface area contributed by atoms with Crippen LogP contribution in [0.2, 0.25) is 0 Å². The van der Waals surface area contributed by atoms with E-state index in [9.17, 15) is 4.79 Å². The van der Waals surface area contributed by atoms with Gasteiger partial charge in [-0.15, -0.1) is 0 Å². The molecule has 0 aliphatic carbocycles. The lowest BCUT2D eigenvalue weighted by atomic mass is 9.84. The van der Waals surface area contributed by atoms with Gasteiger partial charge in [-0.05, 0) is 17.8 Å². The molecule has 0 bridgehead atoms. The van der Waals surface area contributed by atoms with Gasteiger partial charge in [-0.3, -0.25) is 4.79 Å². The van der Waals surface area contributed by atoms with Gasteiger partial charge in [-0.2, -0.15) is 0 Å². The Morgan fingerprint density at radius 2 is 2.00 bits per heavy atom. The number of aliphatic hydroxyl groups is 1. The van der Waals surface area contributed by atoms with Crippen LogP contribution < -0.4 is 0 Å². The van der Waals surface area contributed by atoms with Gasteiger partial charge < -0.3 is 10.0 Å². The number of likely N-dealkylation sites (tertiary alicyclic amines) is 1. The minimum atomic E-state index is -0.285. The normalized spacial score (nSPS) is 19.9. The van der Waals surface area contributed by atoms with Gasteiger partial charge in [0, 0.05) is 19.5 Å². The highest BCUT2D eigenvalue weighted by molar-refractivity contribution is 5.77. The van der Waals surface area contributed by atoms with Crippen molar-refractivity contribution in [3.63, 3.8) is 0 Å². The first kappa shape index (κ1) is 12.5. The highest BCUT2D eigenvalue weighted by atomic mass is 16.3. The second kappa shape index (κ2) is 4.52. The lowest BCUT2D eigenvalue weighted by Crippen LogP contribution is -2.53. The SMILES string of the molecule is CC(CC(=O)N1CC(O)C1)CC(C)(C)C. The maximum atomic E-state index is 11.7. The molecular formula is C12H23NO2. The van der Waals surface area contributed by atoms with E-state index in [4.69, 9.17) is 5.11 Å². The van der Waals surface area contributed by atoms with Gasteiger partial charge in [-0.1, -0.05) is 27.7 Å². The fourth-order valence-electron chi connectivity index (χ4n) is 2.20. The van der Waals surface area contributed by atoms with E-state index >= 15 is 0 Å². The van der Waals surface area contributed by atoms with Gasteiger partial charge in [0.05, 0.1) is 6.10 Å². The summed E-state index contributed by atoms with van der Waals surface area (Å²) in [6.45, 7) is 9.77. The summed E-state index contributed by atoms with van der Waals surface area (Å²) in [6, 6.07) is 0. The summed E-state index contributed by atoms with van der Waals surface area (Å²) in [5, 5.41) is 9.09. The zero-order chi connectivity index (χ0) is 11.6. The number of amides is 1. The van der Waals surface area contributed by atoms with Crippen LogP contribution in [0.25, 0.3) is 0 Å². The standard InChI is InChI=1S/C12H23NO2/c1-9(6-12(2,3)4)5-11(15)13-7-10(14)8-13/h9-10,14H,5-8H2,1-4H3. The summed E-state index contributed by atoms with van der Waals surface area (Å²) >= 11 is 0. The molecule has 0 aromatic carbocycles. The van der Waals surface area contributed by atoms with Crippen molar-refractivity contribution in [2.45, 2.75) is 46.6 Å². The van der Waals surface area contributed by atoms with Crippen LogP contribution in [-0.4, -0.2) is 35.1 Å². The van der Waals surface area contributed by atoms with Gasteiger partial charge in [0.2, 0.25) is 5.91 Å². The predicted molar refractivity (Wildman–Crippen MR) is 60.4 cm³/mol. The number of β-amino-alcohol motifs (C(OH)–C–C–N with tert-alkyl or cyclic N) is 1. The third-order valence-corrected chi connectivity index (χ3v) is 2.70. The number of hydrogen-bond donors (Lipinski definition) is 1. The first-order valence-corrected chi connectivity index (χ1v) is 5.74. The van der Waals surface area contributed by atoms with Crippen molar-refractivity contribution in [1.82, 2.24) is 4.90 Å². The maximum absolute atomic E-state index is 11.7. The first-order valence-electron chi connectivity index (χ1n) is 5.74. The molecule has 3 heteroatoms. The summed E-state index contributed by atoms with van der Waals surface area (Å²) < 4.78 is 0. The van der Waals surface area contributed by atoms with Crippen molar-refractivity contribution >= 4 is 5.91 Å². The van der Waals surface area contributed by atoms with E-state index in [2.05, 4.69) is 27.7 Å². The quantitative estimate of drug-likeness (QED) is 0.774. The molecule has 15 heavy (non-hydrogen) atoms. The van der Waals surface area contributed by atoms with Crippen molar-refractivity contribution in [2.24, 2.45) is 11.3 Å². The van der Waals surface area contributed by atoms with E-state index in [-0.39, 0.29) is 17.4 Å². The van der Waals surface area contributed by atoms with Crippen molar-refractivity contribution < 1.29 is 9.90 Å². The molecule has 0 spiro atoms. The summed E-state index contributed by atoms with van der Waals surface area (Å²) in [5.41, 5.74) is 0.286. The fourth-order valence-corrected chi connectivity index (χ4v) is 2.20. The molecule has 1 aliphatic rings. The molecule has 1 amide bonds. The molecule has 0 aromatic rings. The summed E-state index contributed by atoms with van der Waals surface area (Å²) in [4.78, 5) is 13.4. The molecule has 0 radical (unpaired) electrons. The van der Waals surface area contributed by atoms with E-state index < -0.39 is 0 Å². The summed E-state index contributed by atoms with van der Waals surface area (Å²) in [7, 11) is 0. The Labute approximate surface area is 92.5 Å². The van der Waals surface area contributed by atoms with E-state index in [0.717, 1.165) is 6.42 Å². The molecule has 0 saturated carbocycles. The number of hydrogen-bond acceptors (Lipinski definition) is 2. The molecule has 1 aliphatic heterocycles. The topological polar surface area (TPSA) is 40.5 Å². The Bertz CT molecular complexity index is 226. The third kappa shape index (κ3) is 4.20. The van der Waals surface area contributed by atoms with Crippen LogP contribution in [0, 0.1) is 11.3 Å². The van der Waals surface area contributed by atoms with Crippen molar-refractivity contribution in [2.75, 3.05) is 13.1 Å². The molecule has 1 N–H and O–H groups in total. The molecule has 0 aromatic heterocycles. The number of nitrogens with zero attached hydrogens (tertiary/aromatic N) is 1. The van der Waals surface area contributed by atoms with E-state index in [1.807, 2.05) is 0 Å². The Balaban J connectivity index is 2.26. The Morgan fingerprint density at radius 3 is 2.40 bits per heavy atom. The lowest BCUT2D eigenvalue weighted by Gasteiger charge is -2.37. The molecule has 1 unspecified atom stereocenters. The average Bonchev–Trinajstić information content (AvgIpc) is 1.94. The minimum Gasteiger partial charge on any atom is -0.389 e. The Morgan fingerprint density at radius 1 is 1.47 bits per heavy atom. The van der Waals surface area contributed by atoms with Gasteiger partial charge in [0.25, 0.3) is 0 Å². The van der Waals surface area contributed by atoms with Crippen LogP contribution in [-0.2, 0) is 4.79 Å².